The summed E-state index contributed by atoms with van der Waals surface area (Å²) in [5.41, 5.74) is 1.95. The number of aromatic nitrogens is 4. The average Bonchev–Trinajstić information content (AvgIpc) is 3.37. The van der Waals surface area contributed by atoms with Crippen LogP contribution in [-0.2, 0) is 11.8 Å². The molecule has 8 heteroatoms. The van der Waals surface area contributed by atoms with E-state index in [4.69, 9.17) is 4.42 Å². The smallest absolute Gasteiger partial charge is 0.256 e. The molecule has 0 unspecified atom stereocenters. The van der Waals surface area contributed by atoms with E-state index < -0.39 is 0 Å². The molecule has 0 saturated heterocycles. The molecule has 2 heterocycles. The third-order valence-electron chi connectivity index (χ3n) is 4.79. The van der Waals surface area contributed by atoms with Crippen LogP contribution in [0.1, 0.15) is 54.9 Å². The third-order valence-corrected chi connectivity index (χ3v) is 4.79. The van der Waals surface area contributed by atoms with Gasteiger partial charge in [0.25, 0.3) is 5.91 Å². The number of rotatable bonds is 8. The summed E-state index contributed by atoms with van der Waals surface area (Å²) >= 11 is 0. The van der Waals surface area contributed by atoms with Crippen LogP contribution >= 0.6 is 0 Å². The molecule has 0 atom stereocenters. The second-order valence-electron chi connectivity index (χ2n) is 8.22. The summed E-state index contributed by atoms with van der Waals surface area (Å²) in [5.74, 6) is 1.28. The van der Waals surface area contributed by atoms with Gasteiger partial charge in [0.1, 0.15) is 5.76 Å². The van der Waals surface area contributed by atoms with Crippen LogP contribution in [0.15, 0.2) is 41.1 Å². The lowest BCUT2D eigenvalue weighted by Gasteiger charge is -2.23. The van der Waals surface area contributed by atoms with Crippen molar-refractivity contribution >= 4 is 5.91 Å². The number of nitrogens with zero attached hydrogens (tertiary/aromatic N) is 5. The molecule has 0 aliphatic rings. The Bertz CT molecular complexity index is 973. The van der Waals surface area contributed by atoms with E-state index in [1.54, 1.807) is 23.4 Å². The first kappa shape index (κ1) is 21.7. The van der Waals surface area contributed by atoms with Crippen molar-refractivity contribution in [1.29, 1.82) is 0 Å². The van der Waals surface area contributed by atoms with Gasteiger partial charge in [-0.25, -0.2) is 4.98 Å². The Morgan fingerprint density at radius 1 is 1.17 bits per heavy atom. The first-order chi connectivity index (χ1) is 14.3. The van der Waals surface area contributed by atoms with Gasteiger partial charge in [-0.1, -0.05) is 32.9 Å². The van der Waals surface area contributed by atoms with Crippen molar-refractivity contribution in [2.45, 2.75) is 46.0 Å². The molecule has 2 aromatic heterocycles. The van der Waals surface area contributed by atoms with Crippen LogP contribution in [0, 0.1) is 6.92 Å². The number of carbonyl (C=O) groups excluding carboxylic acids is 1. The largest absolute Gasteiger partial charge is 0.446 e. The van der Waals surface area contributed by atoms with Gasteiger partial charge < -0.3 is 14.4 Å². The monoisotopic (exact) mass is 411 g/mol. The van der Waals surface area contributed by atoms with E-state index in [-0.39, 0.29) is 17.9 Å². The molecule has 30 heavy (non-hydrogen) atoms. The highest BCUT2D eigenvalue weighted by Gasteiger charge is 2.24. The Morgan fingerprint density at radius 2 is 1.87 bits per heavy atom. The molecule has 0 aliphatic heterocycles. The fraction of sp³-hybridized carbons (Fsp3) is 0.455. The SMILES string of the molecule is Cc1oc(CCN(CCCO)C(=O)c2ccccc2-n2nccn2)nc1C(C)(C)C. The normalized spacial score (nSPS) is 11.6. The lowest BCUT2D eigenvalue weighted by atomic mass is 9.91. The number of amides is 1. The molecule has 160 valence electrons. The summed E-state index contributed by atoms with van der Waals surface area (Å²) in [5, 5.41) is 17.6. The fourth-order valence-corrected chi connectivity index (χ4v) is 3.40. The maximum Gasteiger partial charge on any atom is 0.256 e. The molecule has 3 aromatic rings. The topological polar surface area (TPSA) is 97.3 Å². The van der Waals surface area contributed by atoms with E-state index in [1.165, 1.54) is 4.80 Å². The number of para-hydroxylation sites is 1. The van der Waals surface area contributed by atoms with Gasteiger partial charge in [-0.05, 0) is 25.5 Å². The van der Waals surface area contributed by atoms with Gasteiger partial charge in [0, 0.05) is 31.5 Å². The van der Waals surface area contributed by atoms with Crippen LogP contribution in [0.3, 0.4) is 0 Å². The standard InChI is InChI=1S/C22H29N5O3/c1-16-20(22(2,3)4)25-19(30-16)10-14-26(13-7-15-28)21(29)17-8-5-6-9-18(17)27-23-11-12-24-27/h5-6,8-9,11-12,28H,7,10,13-15H2,1-4H3. The maximum absolute atomic E-state index is 13.3. The van der Waals surface area contributed by atoms with E-state index >= 15 is 0 Å². The van der Waals surface area contributed by atoms with Crippen molar-refractivity contribution in [2.24, 2.45) is 0 Å². The van der Waals surface area contributed by atoms with E-state index in [1.807, 2.05) is 25.1 Å². The van der Waals surface area contributed by atoms with Gasteiger partial charge in [-0.15, -0.1) is 0 Å². The van der Waals surface area contributed by atoms with Crippen molar-refractivity contribution in [3.05, 3.63) is 59.6 Å². The summed E-state index contributed by atoms with van der Waals surface area (Å²) in [6.07, 6.45) is 4.13. The zero-order chi connectivity index (χ0) is 21.7. The lowest BCUT2D eigenvalue weighted by Crippen LogP contribution is -2.35. The molecule has 1 aromatic carbocycles. The fourth-order valence-electron chi connectivity index (χ4n) is 3.40. The molecule has 8 nitrogen and oxygen atoms in total. The maximum atomic E-state index is 13.3. The highest BCUT2D eigenvalue weighted by atomic mass is 16.4. The third kappa shape index (κ3) is 4.94. The predicted octanol–water partition coefficient (Wildman–Crippen LogP) is 2.93. The molecule has 0 radical (unpaired) electrons. The first-order valence-corrected chi connectivity index (χ1v) is 10.1. The molecule has 0 spiro atoms. The molecule has 3 rings (SSSR count). The Hall–Kier alpha value is -3.00. The number of hydrogen-bond acceptors (Lipinski definition) is 6. The molecule has 0 aliphatic carbocycles. The molecule has 0 bridgehead atoms. The van der Waals surface area contributed by atoms with Crippen LogP contribution in [0.5, 0.6) is 0 Å². The van der Waals surface area contributed by atoms with Crippen molar-refractivity contribution in [1.82, 2.24) is 24.9 Å². The number of aliphatic hydroxyl groups excluding tert-OH is 1. The highest BCUT2D eigenvalue weighted by Crippen LogP contribution is 2.25. The van der Waals surface area contributed by atoms with Crippen LogP contribution in [-0.4, -0.2) is 55.6 Å². The predicted molar refractivity (Wildman–Crippen MR) is 113 cm³/mol. The van der Waals surface area contributed by atoms with Gasteiger partial charge in [0.05, 0.1) is 29.3 Å². The molecular formula is C22H29N5O3. The van der Waals surface area contributed by atoms with Crippen LogP contribution in [0.25, 0.3) is 5.69 Å². The van der Waals surface area contributed by atoms with E-state index in [2.05, 4.69) is 36.0 Å². The average molecular weight is 412 g/mol. The van der Waals surface area contributed by atoms with Crippen molar-refractivity contribution < 1.29 is 14.3 Å². The Labute approximate surface area is 176 Å². The zero-order valence-electron chi connectivity index (χ0n) is 18.0. The second-order valence-corrected chi connectivity index (χ2v) is 8.22. The van der Waals surface area contributed by atoms with Crippen molar-refractivity contribution in [3.8, 4) is 5.69 Å². The number of oxazole rings is 1. The van der Waals surface area contributed by atoms with Gasteiger partial charge in [0.15, 0.2) is 5.89 Å². The van der Waals surface area contributed by atoms with Gasteiger partial charge in [0.2, 0.25) is 0 Å². The summed E-state index contributed by atoms with van der Waals surface area (Å²) in [4.78, 5) is 21.1. The van der Waals surface area contributed by atoms with E-state index in [9.17, 15) is 9.90 Å². The Kier molecular flexibility index (Phi) is 6.66. The minimum absolute atomic E-state index is 0.0123. The highest BCUT2D eigenvalue weighted by molar-refractivity contribution is 5.97. The number of hydrogen-bond donors (Lipinski definition) is 1. The van der Waals surface area contributed by atoms with Crippen LogP contribution in [0.2, 0.25) is 0 Å². The van der Waals surface area contributed by atoms with Gasteiger partial charge in [-0.2, -0.15) is 15.0 Å². The summed E-state index contributed by atoms with van der Waals surface area (Å²) in [7, 11) is 0. The first-order valence-electron chi connectivity index (χ1n) is 10.1. The molecular weight excluding hydrogens is 382 g/mol. The van der Waals surface area contributed by atoms with Gasteiger partial charge in [-0.3, -0.25) is 4.79 Å². The van der Waals surface area contributed by atoms with Crippen LogP contribution in [0.4, 0.5) is 0 Å². The second kappa shape index (κ2) is 9.21. The number of aliphatic hydroxyl groups is 1. The van der Waals surface area contributed by atoms with Crippen molar-refractivity contribution in [3.63, 3.8) is 0 Å². The summed E-state index contributed by atoms with van der Waals surface area (Å²) < 4.78 is 5.84. The zero-order valence-corrected chi connectivity index (χ0v) is 18.0. The summed E-state index contributed by atoms with van der Waals surface area (Å²) in [6.45, 7) is 9.08. The van der Waals surface area contributed by atoms with E-state index in [0.717, 1.165) is 11.5 Å². The Balaban J connectivity index is 1.81. The lowest BCUT2D eigenvalue weighted by molar-refractivity contribution is 0.0744. The minimum atomic E-state index is -0.143. The quantitative estimate of drug-likeness (QED) is 0.612. The van der Waals surface area contributed by atoms with Gasteiger partial charge >= 0.3 is 0 Å². The van der Waals surface area contributed by atoms with Crippen LogP contribution < -0.4 is 0 Å². The number of carbonyl (C=O) groups is 1. The molecule has 1 amide bonds. The van der Waals surface area contributed by atoms with Crippen molar-refractivity contribution in [2.75, 3.05) is 19.7 Å². The summed E-state index contributed by atoms with van der Waals surface area (Å²) in [6, 6.07) is 7.24. The number of aryl methyl sites for hydroxylation is 1. The number of benzene rings is 1. The minimum Gasteiger partial charge on any atom is -0.446 e. The molecule has 0 fully saturated rings. The molecule has 0 saturated carbocycles. The van der Waals surface area contributed by atoms with E-state index in [0.29, 0.717) is 43.1 Å². The Morgan fingerprint density at radius 3 is 2.50 bits per heavy atom. The molecule has 1 N–H and O–H groups in total.